The molecule has 26 heavy (non-hydrogen) atoms. The van der Waals surface area contributed by atoms with Gasteiger partial charge >= 0.3 is 11.8 Å². The summed E-state index contributed by atoms with van der Waals surface area (Å²) in [6, 6.07) is 2.76. The first-order valence-corrected chi connectivity index (χ1v) is 9.94. The van der Waals surface area contributed by atoms with Gasteiger partial charge < -0.3 is 19.6 Å². The Labute approximate surface area is 158 Å². The SMILES string of the molecule is OCc1cc(OCCCC(F)(F)F)c2sc(C(F)(F)P(O)O)c(Br)c2c1. The fourth-order valence-corrected chi connectivity index (χ4v) is 4.91. The van der Waals surface area contributed by atoms with Crippen LogP contribution < -0.4 is 4.74 Å². The van der Waals surface area contributed by atoms with E-state index in [-0.39, 0.29) is 33.3 Å². The van der Waals surface area contributed by atoms with E-state index in [1.54, 1.807) is 0 Å². The summed E-state index contributed by atoms with van der Waals surface area (Å²) < 4.78 is 70.1. The van der Waals surface area contributed by atoms with E-state index in [0.29, 0.717) is 16.9 Å². The average molecular weight is 483 g/mol. The van der Waals surface area contributed by atoms with Crippen molar-refractivity contribution in [2.45, 2.75) is 31.3 Å². The fourth-order valence-electron chi connectivity index (χ4n) is 2.13. The molecule has 0 fully saturated rings. The maximum Gasteiger partial charge on any atom is 0.389 e. The van der Waals surface area contributed by atoms with Crippen molar-refractivity contribution >= 4 is 45.7 Å². The first-order valence-electron chi connectivity index (χ1n) is 7.09. The molecule has 4 nitrogen and oxygen atoms in total. The van der Waals surface area contributed by atoms with E-state index in [0.717, 1.165) is 0 Å². The van der Waals surface area contributed by atoms with Crippen molar-refractivity contribution in [3.05, 3.63) is 27.0 Å². The zero-order valence-electron chi connectivity index (χ0n) is 12.9. The fraction of sp³-hybridized carbons (Fsp3) is 0.429. The predicted octanol–water partition coefficient (Wildman–Crippen LogP) is 5.22. The lowest BCUT2D eigenvalue weighted by molar-refractivity contribution is -0.136. The van der Waals surface area contributed by atoms with Crippen molar-refractivity contribution in [3.63, 3.8) is 0 Å². The number of ether oxygens (including phenoxy) is 1. The predicted molar refractivity (Wildman–Crippen MR) is 91.5 cm³/mol. The summed E-state index contributed by atoms with van der Waals surface area (Å²) in [5, 5.41) is 9.54. The molecule has 3 N–H and O–H groups in total. The molecule has 0 spiro atoms. The molecule has 0 aliphatic carbocycles. The van der Waals surface area contributed by atoms with E-state index in [1.165, 1.54) is 12.1 Å². The minimum Gasteiger partial charge on any atom is -0.492 e. The Hall–Kier alpha value is -0.580. The van der Waals surface area contributed by atoms with Gasteiger partial charge in [0.1, 0.15) is 5.75 Å². The zero-order chi connectivity index (χ0) is 19.7. The number of rotatable bonds is 7. The van der Waals surface area contributed by atoms with E-state index in [4.69, 9.17) is 14.5 Å². The monoisotopic (exact) mass is 482 g/mol. The second kappa shape index (κ2) is 8.20. The van der Waals surface area contributed by atoms with Crippen LogP contribution in [0.5, 0.6) is 5.75 Å². The van der Waals surface area contributed by atoms with Crippen LogP contribution in [-0.4, -0.2) is 27.7 Å². The number of hydrogen-bond donors (Lipinski definition) is 3. The van der Waals surface area contributed by atoms with Crippen molar-refractivity contribution in [1.82, 2.24) is 0 Å². The Balaban J connectivity index is 2.40. The summed E-state index contributed by atoms with van der Waals surface area (Å²) in [5.41, 5.74) is -3.59. The summed E-state index contributed by atoms with van der Waals surface area (Å²) in [6.07, 6.45) is -5.69. The van der Waals surface area contributed by atoms with Crippen LogP contribution in [0.25, 0.3) is 10.1 Å². The molecule has 2 aromatic rings. The molecular formula is C14H13BrF5O4PS. The van der Waals surface area contributed by atoms with E-state index in [2.05, 4.69) is 15.9 Å². The number of halogens is 6. The molecule has 1 heterocycles. The van der Waals surface area contributed by atoms with Gasteiger partial charge in [0, 0.05) is 16.3 Å². The molecule has 0 saturated heterocycles. The molecule has 0 atom stereocenters. The lowest BCUT2D eigenvalue weighted by Gasteiger charge is -2.15. The van der Waals surface area contributed by atoms with E-state index < -0.39 is 38.1 Å². The van der Waals surface area contributed by atoms with Gasteiger partial charge in [-0.2, -0.15) is 22.0 Å². The zero-order valence-corrected chi connectivity index (χ0v) is 16.2. The number of benzene rings is 1. The summed E-state index contributed by atoms with van der Waals surface area (Å²) in [7, 11) is -3.59. The van der Waals surface area contributed by atoms with Crippen LogP contribution >= 0.6 is 35.6 Å². The molecule has 0 bridgehead atoms. The molecule has 2 rings (SSSR count). The minimum absolute atomic E-state index is 0.0432. The number of hydrogen-bond acceptors (Lipinski definition) is 5. The number of aliphatic hydroxyl groups excluding tert-OH is 1. The number of fused-ring (bicyclic) bond motifs is 1. The highest BCUT2D eigenvalue weighted by Crippen LogP contribution is 2.58. The number of aliphatic hydroxyl groups is 1. The summed E-state index contributed by atoms with van der Waals surface area (Å²) in [5.74, 6) is 0.0432. The van der Waals surface area contributed by atoms with Crippen molar-refractivity contribution in [2.24, 2.45) is 0 Å². The van der Waals surface area contributed by atoms with Gasteiger partial charge in [-0.1, -0.05) is 0 Å². The molecule has 1 aromatic carbocycles. The van der Waals surface area contributed by atoms with Crippen molar-refractivity contribution in [2.75, 3.05) is 6.61 Å². The standard InChI is InChI=1S/C14H13BrF5O4PS/c15-10-8-4-7(6-21)5-9(24-3-1-2-13(16,17)18)11(8)26-12(10)14(19,20)25(22)23/h4-5,21-23H,1-3,6H2. The van der Waals surface area contributed by atoms with Gasteiger partial charge in [-0.3, -0.25) is 0 Å². The van der Waals surface area contributed by atoms with Crippen LogP contribution in [0.1, 0.15) is 23.3 Å². The minimum atomic E-state index is -4.33. The second-order valence-electron chi connectivity index (χ2n) is 5.27. The van der Waals surface area contributed by atoms with Gasteiger partial charge in [-0.05, 0) is 40.0 Å². The molecule has 12 heteroatoms. The molecule has 0 amide bonds. The van der Waals surface area contributed by atoms with Gasteiger partial charge in [-0.25, -0.2) is 0 Å². The third-order valence-corrected chi connectivity index (χ3v) is 6.58. The van der Waals surface area contributed by atoms with Gasteiger partial charge in [0.2, 0.25) is 8.38 Å². The van der Waals surface area contributed by atoms with E-state index in [9.17, 15) is 27.1 Å². The first kappa shape index (κ1) is 21.7. The molecule has 1 aromatic heterocycles. The van der Waals surface area contributed by atoms with Crippen LogP contribution in [0.2, 0.25) is 0 Å². The molecule has 0 aliphatic heterocycles. The summed E-state index contributed by atoms with van der Waals surface area (Å²) >= 11 is 3.53. The lowest BCUT2D eigenvalue weighted by Crippen LogP contribution is -2.09. The summed E-state index contributed by atoms with van der Waals surface area (Å²) in [6.45, 7) is -0.729. The highest BCUT2D eigenvalue weighted by atomic mass is 79.9. The Morgan fingerprint density at radius 2 is 1.81 bits per heavy atom. The van der Waals surface area contributed by atoms with E-state index >= 15 is 0 Å². The Morgan fingerprint density at radius 3 is 2.35 bits per heavy atom. The molecule has 146 valence electrons. The first-order chi connectivity index (χ1) is 12.0. The van der Waals surface area contributed by atoms with Gasteiger partial charge in [0.15, 0.2) is 0 Å². The molecule has 0 radical (unpaired) electrons. The normalized spacial score (nSPS) is 13.0. The Kier molecular flexibility index (Phi) is 6.85. The third kappa shape index (κ3) is 4.82. The number of alkyl halides is 5. The molecule has 0 unspecified atom stereocenters. The maximum atomic E-state index is 14.0. The maximum absolute atomic E-state index is 14.0. The van der Waals surface area contributed by atoms with Crippen molar-refractivity contribution in [3.8, 4) is 5.75 Å². The van der Waals surface area contributed by atoms with Crippen molar-refractivity contribution in [1.29, 1.82) is 0 Å². The lowest BCUT2D eigenvalue weighted by atomic mass is 10.1. The van der Waals surface area contributed by atoms with Crippen LogP contribution in [0, 0.1) is 0 Å². The Morgan fingerprint density at radius 1 is 1.15 bits per heavy atom. The third-order valence-electron chi connectivity index (χ3n) is 3.32. The summed E-state index contributed by atoms with van der Waals surface area (Å²) in [4.78, 5) is 17.3. The molecule has 0 saturated carbocycles. The van der Waals surface area contributed by atoms with Crippen LogP contribution in [0.3, 0.4) is 0 Å². The average Bonchev–Trinajstić information content (AvgIpc) is 2.88. The van der Waals surface area contributed by atoms with Gasteiger partial charge in [0.05, 0.1) is 22.8 Å². The van der Waals surface area contributed by atoms with Crippen LogP contribution in [0.15, 0.2) is 16.6 Å². The highest BCUT2D eigenvalue weighted by molar-refractivity contribution is 9.10. The van der Waals surface area contributed by atoms with Crippen LogP contribution in [0.4, 0.5) is 22.0 Å². The van der Waals surface area contributed by atoms with Gasteiger partial charge in [-0.15, -0.1) is 11.3 Å². The molecule has 0 aliphatic rings. The highest BCUT2D eigenvalue weighted by Gasteiger charge is 2.45. The van der Waals surface area contributed by atoms with E-state index in [1.807, 2.05) is 0 Å². The smallest absolute Gasteiger partial charge is 0.389 e. The van der Waals surface area contributed by atoms with Crippen LogP contribution in [-0.2, 0) is 12.3 Å². The van der Waals surface area contributed by atoms with Gasteiger partial charge in [0.25, 0.3) is 0 Å². The van der Waals surface area contributed by atoms with Crippen molar-refractivity contribution < 1.29 is 41.6 Å². The largest absolute Gasteiger partial charge is 0.492 e. The second-order valence-corrected chi connectivity index (χ2v) is 8.23. The number of thiophene rings is 1. The quantitative estimate of drug-likeness (QED) is 0.287. The molecular weight excluding hydrogens is 470 g/mol. The Bertz CT molecular complexity index is 781. The topological polar surface area (TPSA) is 69.9 Å².